The van der Waals surface area contributed by atoms with E-state index in [4.69, 9.17) is 0 Å². The Balaban J connectivity index is 1.35. The van der Waals surface area contributed by atoms with Crippen LogP contribution < -0.4 is 0 Å². The summed E-state index contributed by atoms with van der Waals surface area (Å²) in [6.07, 6.45) is 3.14. The third kappa shape index (κ3) is 6.01. The van der Waals surface area contributed by atoms with Crippen molar-refractivity contribution >= 4 is 0 Å². The fourth-order valence-corrected chi connectivity index (χ4v) is 5.15. The molecule has 0 radical (unpaired) electrons. The lowest BCUT2D eigenvalue weighted by atomic mass is 9.85. The Morgan fingerprint density at radius 2 is 1.06 bits per heavy atom. The molecule has 178 valence electrons. The van der Waals surface area contributed by atoms with Crippen LogP contribution in [0.25, 0.3) is 11.1 Å². The van der Waals surface area contributed by atoms with Gasteiger partial charge in [0.25, 0.3) is 0 Å². The van der Waals surface area contributed by atoms with Gasteiger partial charge in [-0.3, -0.25) is 0 Å². The Hall–Kier alpha value is -3.90. The van der Waals surface area contributed by atoms with Crippen LogP contribution >= 0.6 is 0 Å². The molecule has 0 bridgehead atoms. The first-order chi connectivity index (χ1) is 17.6. The Morgan fingerprint density at radius 3 is 1.72 bits per heavy atom. The number of hydrogen-bond donors (Lipinski definition) is 0. The van der Waals surface area contributed by atoms with Crippen molar-refractivity contribution < 1.29 is 0 Å². The van der Waals surface area contributed by atoms with Gasteiger partial charge in [0.15, 0.2) is 0 Å². The predicted octanol–water partition coefficient (Wildman–Crippen LogP) is 9.33. The lowest BCUT2D eigenvalue weighted by Crippen LogP contribution is -2.04. The quantitative estimate of drug-likeness (QED) is 0.214. The van der Waals surface area contributed by atoms with E-state index in [1.54, 1.807) is 0 Å². The summed E-state index contributed by atoms with van der Waals surface area (Å²) in [7, 11) is 0. The lowest BCUT2D eigenvalue weighted by Gasteiger charge is -2.19. The van der Waals surface area contributed by atoms with Crippen LogP contribution in [0.1, 0.15) is 51.3 Å². The monoisotopic (exact) mass is 466 g/mol. The molecule has 0 N–H and O–H groups in total. The van der Waals surface area contributed by atoms with Crippen molar-refractivity contribution in [2.45, 2.75) is 39.0 Å². The molecule has 0 aliphatic heterocycles. The molecule has 36 heavy (non-hydrogen) atoms. The van der Waals surface area contributed by atoms with E-state index in [1.165, 1.54) is 50.1 Å². The van der Waals surface area contributed by atoms with Crippen molar-refractivity contribution in [1.29, 1.82) is 0 Å². The average molecular weight is 467 g/mol. The highest BCUT2D eigenvalue weighted by atomic mass is 14.2. The van der Waals surface area contributed by atoms with Crippen molar-refractivity contribution in [2.75, 3.05) is 0 Å². The van der Waals surface area contributed by atoms with Crippen molar-refractivity contribution in [3.05, 3.63) is 166 Å². The third-order valence-electron chi connectivity index (χ3n) is 7.10. The van der Waals surface area contributed by atoms with Gasteiger partial charge in [0.05, 0.1) is 0 Å². The molecule has 0 heteroatoms. The number of benzene rings is 5. The van der Waals surface area contributed by atoms with Crippen molar-refractivity contribution in [3.63, 3.8) is 0 Å². The molecular weight excluding hydrogens is 432 g/mol. The molecule has 0 unspecified atom stereocenters. The van der Waals surface area contributed by atoms with Crippen LogP contribution in [-0.2, 0) is 12.8 Å². The van der Waals surface area contributed by atoms with Gasteiger partial charge in [-0.05, 0) is 72.1 Å². The van der Waals surface area contributed by atoms with E-state index in [-0.39, 0.29) is 0 Å². The van der Waals surface area contributed by atoms with E-state index in [2.05, 4.69) is 141 Å². The molecule has 5 aromatic carbocycles. The first kappa shape index (κ1) is 23.8. The van der Waals surface area contributed by atoms with Gasteiger partial charge in [0.1, 0.15) is 0 Å². The fourth-order valence-electron chi connectivity index (χ4n) is 5.15. The SMILES string of the molecule is Cc1cccc(CC[C@@H](c2ccc(-c3ccc(Cc4ccccc4)cc3)cc2)c2cccc(C)c2)c1. The number of rotatable bonds is 8. The van der Waals surface area contributed by atoms with Gasteiger partial charge in [-0.1, -0.05) is 139 Å². The van der Waals surface area contributed by atoms with Gasteiger partial charge in [0, 0.05) is 5.92 Å². The summed E-state index contributed by atoms with van der Waals surface area (Å²) in [4.78, 5) is 0. The molecule has 1 atom stereocenters. The van der Waals surface area contributed by atoms with Gasteiger partial charge >= 0.3 is 0 Å². The first-order valence-electron chi connectivity index (χ1n) is 13.0. The molecule has 0 nitrogen and oxygen atoms in total. The van der Waals surface area contributed by atoms with Gasteiger partial charge in [-0.25, -0.2) is 0 Å². The third-order valence-corrected chi connectivity index (χ3v) is 7.10. The van der Waals surface area contributed by atoms with E-state index in [0.717, 1.165) is 19.3 Å². The Kier molecular flexibility index (Phi) is 7.43. The minimum absolute atomic E-state index is 0.382. The lowest BCUT2D eigenvalue weighted by molar-refractivity contribution is 0.714. The minimum atomic E-state index is 0.382. The average Bonchev–Trinajstić information content (AvgIpc) is 2.90. The van der Waals surface area contributed by atoms with Crippen LogP contribution in [0.3, 0.4) is 0 Å². The van der Waals surface area contributed by atoms with E-state index < -0.39 is 0 Å². The van der Waals surface area contributed by atoms with Crippen molar-refractivity contribution in [1.82, 2.24) is 0 Å². The molecule has 0 amide bonds. The molecule has 5 aromatic rings. The standard InChI is InChI=1S/C36H34/c1-27-8-6-12-30(24-27)16-23-36(35-13-7-9-28(2)25-35)34-21-19-33(20-22-34)32-17-14-31(15-18-32)26-29-10-4-3-5-11-29/h3-15,17-22,24-25,36H,16,23,26H2,1-2H3/t36-/m0/s1. The summed E-state index contributed by atoms with van der Waals surface area (Å²) in [6.45, 7) is 4.36. The number of aryl methyl sites for hydroxylation is 3. The molecule has 0 heterocycles. The zero-order valence-electron chi connectivity index (χ0n) is 21.3. The van der Waals surface area contributed by atoms with E-state index in [0.29, 0.717) is 5.92 Å². The summed E-state index contributed by atoms with van der Waals surface area (Å²) in [5.41, 5.74) is 12.1. The molecular formula is C36H34. The van der Waals surface area contributed by atoms with Crippen LogP contribution in [0.4, 0.5) is 0 Å². The highest BCUT2D eigenvalue weighted by molar-refractivity contribution is 5.64. The maximum Gasteiger partial charge on any atom is 0.00926 e. The van der Waals surface area contributed by atoms with Crippen LogP contribution in [0, 0.1) is 13.8 Å². The van der Waals surface area contributed by atoms with Crippen LogP contribution in [0.5, 0.6) is 0 Å². The summed E-state index contributed by atoms with van der Waals surface area (Å²) in [5.74, 6) is 0.382. The topological polar surface area (TPSA) is 0 Å². The fraction of sp³-hybridized carbons (Fsp3) is 0.167. The molecule has 0 aliphatic rings. The smallest absolute Gasteiger partial charge is 0.00926 e. The minimum Gasteiger partial charge on any atom is -0.0622 e. The van der Waals surface area contributed by atoms with Crippen LogP contribution in [0.15, 0.2) is 127 Å². The zero-order valence-corrected chi connectivity index (χ0v) is 21.3. The molecule has 0 saturated heterocycles. The Morgan fingerprint density at radius 1 is 0.472 bits per heavy atom. The van der Waals surface area contributed by atoms with E-state index >= 15 is 0 Å². The molecule has 0 fully saturated rings. The predicted molar refractivity (Wildman–Crippen MR) is 154 cm³/mol. The molecule has 0 aromatic heterocycles. The highest BCUT2D eigenvalue weighted by Gasteiger charge is 2.15. The van der Waals surface area contributed by atoms with E-state index in [9.17, 15) is 0 Å². The maximum atomic E-state index is 2.35. The second kappa shape index (κ2) is 11.2. The van der Waals surface area contributed by atoms with Gasteiger partial charge in [0.2, 0.25) is 0 Å². The summed E-state index contributed by atoms with van der Waals surface area (Å²) in [5, 5.41) is 0. The zero-order chi connectivity index (χ0) is 24.7. The first-order valence-corrected chi connectivity index (χ1v) is 13.0. The van der Waals surface area contributed by atoms with Gasteiger partial charge < -0.3 is 0 Å². The van der Waals surface area contributed by atoms with E-state index in [1.807, 2.05) is 0 Å². The summed E-state index contributed by atoms with van der Waals surface area (Å²) >= 11 is 0. The Labute approximate surface area is 216 Å². The van der Waals surface area contributed by atoms with Gasteiger partial charge in [-0.15, -0.1) is 0 Å². The van der Waals surface area contributed by atoms with Crippen LogP contribution in [0.2, 0.25) is 0 Å². The molecule has 0 aliphatic carbocycles. The molecule has 0 spiro atoms. The molecule has 5 rings (SSSR count). The number of hydrogen-bond acceptors (Lipinski definition) is 0. The largest absolute Gasteiger partial charge is 0.0622 e. The second-order valence-electron chi connectivity index (χ2n) is 9.98. The van der Waals surface area contributed by atoms with Gasteiger partial charge in [-0.2, -0.15) is 0 Å². The summed E-state index contributed by atoms with van der Waals surface area (Å²) in [6, 6.07) is 46.9. The Bertz CT molecular complexity index is 1390. The maximum absolute atomic E-state index is 2.35. The summed E-state index contributed by atoms with van der Waals surface area (Å²) < 4.78 is 0. The van der Waals surface area contributed by atoms with Crippen molar-refractivity contribution in [2.24, 2.45) is 0 Å². The normalized spacial score (nSPS) is 11.8. The molecule has 0 saturated carbocycles. The van der Waals surface area contributed by atoms with Crippen molar-refractivity contribution in [3.8, 4) is 11.1 Å². The second-order valence-corrected chi connectivity index (χ2v) is 9.98. The highest BCUT2D eigenvalue weighted by Crippen LogP contribution is 2.32. The van der Waals surface area contributed by atoms with Crippen LogP contribution in [-0.4, -0.2) is 0 Å².